The fourth-order valence-corrected chi connectivity index (χ4v) is 8.95. The number of halogens is 3. The van der Waals surface area contributed by atoms with Crippen LogP contribution in [0.2, 0.25) is 0 Å². The summed E-state index contributed by atoms with van der Waals surface area (Å²) in [4.78, 5) is 47.7. The van der Waals surface area contributed by atoms with Gasteiger partial charge in [0.05, 0.1) is 23.1 Å². The molecule has 3 amide bonds. The van der Waals surface area contributed by atoms with Crippen molar-refractivity contribution >= 4 is 44.3 Å². The van der Waals surface area contributed by atoms with Gasteiger partial charge in [0, 0.05) is 35.8 Å². The molecule has 12 nitrogen and oxygen atoms in total. The summed E-state index contributed by atoms with van der Waals surface area (Å²) >= 11 is 0. The van der Waals surface area contributed by atoms with Gasteiger partial charge in [-0.2, -0.15) is 22.8 Å². The molecule has 8 rings (SSSR count). The number of carbonyl (C=O) groups excluding carboxylic acids is 3. The van der Waals surface area contributed by atoms with Gasteiger partial charge in [0.1, 0.15) is 23.2 Å². The maximum Gasteiger partial charge on any atom is 0.418 e. The number of nitrogens with zero attached hydrogens (tertiary/aromatic N) is 4. The van der Waals surface area contributed by atoms with E-state index in [0.717, 1.165) is 31.7 Å². The van der Waals surface area contributed by atoms with Gasteiger partial charge in [-0.15, -0.1) is 0 Å². The Hall–Kier alpha value is -4.99. The first kappa shape index (κ1) is 36.0. The van der Waals surface area contributed by atoms with Crippen LogP contribution < -0.4 is 14.8 Å². The van der Waals surface area contributed by atoms with E-state index in [9.17, 15) is 36.0 Å². The number of hydrogen-bond donors (Lipinski definition) is 2. The molecule has 4 heterocycles. The van der Waals surface area contributed by atoms with Crippen molar-refractivity contribution in [1.29, 1.82) is 0 Å². The normalized spacial score (nSPS) is 25.4. The molecule has 0 unspecified atom stereocenters. The van der Waals surface area contributed by atoms with Crippen LogP contribution in [0.4, 0.5) is 13.2 Å². The van der Waals surface area contributed by atoms with Crippen LogP contribution in [0.25, 0.3) is 27.8 Å². The summed E-state index contributed by atoms with van der Waals surface area (Å²) in [7, 11) is -3.90. The van der Waals surface area contributed by atoms with Crippen molar-refractivity contribution in [2.24, 2.45) is 5.92 Å². The zero-order valence-corrected chi connectivity index (χ0v) is 30.0. The lowest BCUT2D eigenvalue weighted by molar-refractivity contribution is -0.139. The lowest BCUT2D eigenvalue weighted by Gasteiger charge is -2.26. The molecule has 0 radical (unpaired) electrons. The van der Waals surface area contributed by atoms with Gasteiger partial charge >= 0.3 is 6.18 Å². The number of hydrogen-bond acceptors (Lipinski definition) is 8. The average molecular weight is 765 g/mol. The number of carbonyl (C=O) groups is 3. The highest BCUT2D eigenvalue weighted by Crippen LogP contribution is 2.46. The first-order valence-electron chi connectivity index (χ1n) is 18.3. The van der Waals surface area contributed by atoms with Crippen molar-refractivity contribution in [2.45, 2.75) is 93.3 Å². The average Bonchev–Trinajstić information content (AvgIpc) is 4.04. The van der Waals surface area contributed by atoms with Gasteiger partial charge < -0.3 is 15.0 Å². The van der Waals surface area contributed by atoms with Crippen molar-refractivity contribution in [3.63, 3.8) is 0 Å². The third-order valence-electron chi connectivity index (χ3n) is 10.8. The molecule has 1 saturated heterocycles. The van der Waals surface area contributed by atoms with Crippen molar-refractivity contribution < 1.29 is 40.7 Å². The van der Waals surface area contributed by atoms with Gasteiger partial charge in [0.2, 0.25) is 27.7 Å². The molecule has 2 aliphatic heterocycles. The van der Waals surface area contributed by atoms with Crippen molar-refractivity contribution in [2.75, 3.05) is 6.54 Å². The number of rotatable bonds is 6. The number of benzene rings is 2. The molecule has 284 valence electrons. The van der Waals surface area contributed by atoms with Crippen LogP contribution in [0.15, 0.2) is 66.7 Å². The molecule has 0 bridgehead atoms. The van der Waals surface area contributed by atoms with E-state index in [1.807, 2.05) is 18.2 Å². The number of sulfonamides is 1. The van der Waals surface area contributed by atoms with Crippen LogP contribution in [-0.2, 0) is 30.6 Å². The van der Waals surface area contributed by atoms with Crippen LogP contribution in [0.5, 0.6) is 5.88 Å². The molecule has 2 N–H and O–H groups in total. The summed E-state index contributed by atoms with van der Waals surface area (Å²) in [5, 5.41) is 6.69. The molecule has 4 atom stereocenters. The SMILES string of the molecule is O=C1N[C@]2(C(=O)NS(=O)(=O)C3CC3)C[C@H]2C=CCCCCCCC(=O)N2C[C@H](Oc3cc(-c4ccccc4)nc4c5cccc(C(F)(F)F)c5nn34)C[C@@H]12. The standard InChI is InChI=1S/C38H39F3N6O6S/c39-38(40,41)28-15-10-14-27-33(28)44-47-32(20-29(42-34(27)47)23-11-6-5-7-12-23)53-25-19-30-35(49)43-37(36(50)45-54(51,52)26-17-18-26)21-24(37)13-8-3-1-2-4-9-16-31(48)46(30)22-25/h5-8,10-15,20,24-26,30H,1-4,9,16-19,21-22H2,(H,43,49)(H,45,50)/t24-,25-,30+,37-/m1/s1. The number of amides is 3. The Morgan fingerprint density at radius 1 is 1.02 bits per heavy atom. The highest BCUT2D eigenvalue weighted by molar-refractivity contribution is 7.91. The summed E-state index contributed by atoms with van der Waals surface area (Å²) in [5.41, 5.74) is -1.50. The predicted octanol–water partition coefficient (Wildman–Crippen LogP) is 5.31. The Morgan fingerprint density at radius 3 is 2.56 bits per heavy atom. The number of nitrogens with one attached hydrogen (secondary N) is 2. The monoisotopic (exact) mass is 764 g/mol. The molecule has 4 aliphatic rings. The molecule has 2 aromatic heterocycles. The number of alkyl halides is 3. The van der Waals surface area contributed by atoms with Gasteiger partial charge in [-0.05, 0) is 50.7 Å². The van der Waals surface area contributed by atoms with E-state index in [1.54, 1.807) is 30.3 Å². The van der Waals surface area contributed by atoms with E-state index in [0.29, 0.717) is 30.5 Å². The van der Waals surface area contributed by atoms with Crippen molar-refractivity contribution in [1.82, 2.24) is 29.5 Å². The number of fused-ring (bicyclic) bond motifs is 5. The van der Waals surface area contributed by atoms with E-state index in [1.165, 1.54) is 21.5 Å². The molecule has 0 spiro atoms. The molecule has 2 aromatic carbocycles. The van der Waals surface area contributed by atoms with E-state index < -0.39 is 62.4 Å². The molecule has 3 fully saturated rings. The Balaban J connectivity index is 1.13. The molecule has 2 saturated carbocycles. The highest BCUT2D eigenvalue weighted by atomic mass is 32.2. The highest BCUT2D eigenvalue weighted by Gasteiger charge is 2.62. The summed E-state index contributed by atoms with van der Waals surface area (Å²) in [6, 6.07) is 13.3. The third kappa shape index (κ3) is 6.91. The lowest BCUT2D eigenvalue weighted by atomic mass is 10.1. The number of allylic oxidation sites excluding steroid dienone is 1. The minimum atomic E-state index is -4.68. The van der Waals surface area contributed by atoms with Gasteiger partial charge in [0.15, 0.2) is 5.65 Å². The zero-order chi connectivity index (χ0) is 37.8. The van der Waals surface area contributed by atoms with E-state index in [-0.39, 0.29) is 54.1 Å². The maximum absolute atomic E-state index is 14.2. The van der Waals surface area contributed by atoms with Crippen LogP contribution in [0, 0.1) is 5.92 Å². The predicted molar refractivity (Wildman–Crippen MR) is 191 cm³/mol. The third-order valence-corrected chi connectivity index (χ3v) is 12.6. The fourth-order valence-electron chi connectivity index (χ4n) is 7.59. The van der Waals surface area contributed by atoms with Crippen LogP contribution >= 0.6 is 0 Å². The summed E-state index contributed by atoms with van der Waals surface area (Å²) in [6.07, 6.45) is 3.54. The van der Waals surface area contributed by atoms with Gasteiger partial charge in [-0.3, -0.25) is 19.1 Å². The molecule has 2 aliphatic carbocycles. The topological polar surface area (TPSA) is 152 Å². The second-order valence-electron chi connectivity index (χ2n) is 14.6. The Morgan fingerprint density at radius 2 is 1.80 bits per heavy atom. The van der Waals surface area contributed by atoms with Crippen molar-refractivity contribution in [3.05, 3.63) is 72.3 Å². The lowest BCUT2D eigenvalue weighted by Crippen LogP contribution is -2.56. The fraction of sp³-hybridized carbons (Fsp3) is 0.447. The molecular formula is C38H39F3N6O6S. The Labute approximate surface area is 309 Å². The summed E-state index contributed by atoms with van der Waals surface area (Å²) in [6.45, 7) is -0.0193. The van der Waals surface area contributed by atoms with Crippen molar-refractivity contribution in [3.8, 4) is 17.1 Å². The zero-order valence-electron chi connectivity index (χ0n) is 29.2. The maximum atomic E-state index is 14.2. The Bertz CT molecular complexity index is 2280. The van der Waals surface area contributed by atoms with E-state index in [2.05, 4.69) is 20.1 Å². The van der Waals surface area contributed by atoms with Crippen LogP contribution in [-0.4, -0.2) is 75.1 Å². The van der Waals surface area contributed by atoms with Gasteiger partial charge in [-0.1, -0.05) is 61.4 Å². The molecular weight excluding hydrogens is 726 g/mol. The molecule has 4 aromatic rings. The van der Waals surface area contributed by atoms with E-state index >= 15 is 0 Å². The minimum Gasteiger partial charge on any atom is -0.472 e. The first-order valence-corrected chi connectivity index (χ1v) is 19.8. The second kappa shape index (κ2) is 13.7. The van der Waals surface area contributed by atoms with E-state index in [4.69, 9.17) is 4.74 Å². The quantitative estimate of drug-likeness (QED) is 0.251. The summed E-state index contributed by atoms with van der Waals surface area (Å²) in [5.74, 6) is -2.07. The van der Waals surface area contributed by atoms with Crippen LogP contribution in [0.1, 0.15) is 69.8 Å². The summed E-state index contributed by atoms with van der Waals surface area (Å²) < 4.78 is 77.7. The second-order valence-corrected chi connectivity index (χ2v) is 16.6. The Kier molecular flexibility index (Phi) is 9.13. The smallest absolute Gasteiger partial charge is 0.418 e. The van der Waals surface area contributed by atoms with Crippen LogP contribution in [0.3, 0.4) is 0 Å². The molecule has 54 heavy (non-hydrogen) atoms. The number of aromatic nitrogens is 3. The first-order chi connectivity index (χ1) is 25.8. The minimum absolute atomic E-state index is 0.00474. The number of ether oxygens (including phenoxy) is 1. The van der Waals surface area contributed by atoms with Gasteiger partial charge in [0.25, 0.3) is 5.91 Å². The van der Waals surface area contributed by atoms with Gasteiger partial charge in [-0.25, -0.2) is 13.4 Å². The molecule has 16 heteroatoms. The largest absolute Gasteiger partial charge is 0.472 e.